The molecule has 2 rings (SSSR count). The molecule has 2 aromatic rings. The lowest BCUT2D eigenvalue weighted by atomic mass is 10.3. The van der Waals surface area contributed by atoms with Crippen LogP contribution in [-0.4, -0.2) is 9.97 Å². The molecule has 0 bridgehead atoms. The average molecular weight is 270 g/mol. The SMILES string of the molecule is N#Cc1ccc(-c2cc(N)nc(C(F)(F)F)n2)s1. The summed E-state index contributed by atoms with van der Waals surface area (Å²) in [4.78, 5) is 7.37. The first-order valence-electron chi connectivity index (χ1n) is 4.62. The monoisotopic (exact) mass is 270 g/mol. The summed E-state index contributed by atoms with van der Waals surface area (Å²) in [7, 11) is 0. The number of thiophene rings is 1. The number of hydrogen-bond acceptors (Lipinski definition) is 5. The van der Waals surface area contributed by atoms with Crippen LogP contribution in [0.1, 0.15) is 10.7 Å². The third kappa shape index (κ3) is 2.41. The number of nitrogens with two attached hydrogens (primary N) is 1. The molecule has 0 unspecified atom stereocenters. The van der Waals surface area contributed by atoms with Crippen molar-refractivity contribution in [2.45, 2.75) is 6.18 Å². The second-order valence-corrected chi connectivity index (χ2v) is 4.36. The van der Waals surface area contributed by atoms with Gasteiger partial charge in [0.1, 0.15) is 16.8 Å². The molecule has 0 saturated heterocycles. The van der Waals surface area contributed by atoms with Gasteiger partial charge in [-0.3, -0.25) is 0 Å². The minimum Gasteiger partial charge on any atom is -0.384 e. The van der Waals surface area contributed by atoms with Gasteiger partial charge in [0.25, 0.3) is 0 Å². The Balaban J connectivity index is 2.52. The van der Waals surface area contributed by atoms with Crippen molar-refractivity contribution in [3.8, 4) is 16.6 Å². The van der Waals surface area contributed by atoms with Gasteiger partial charge in [-0.25, -0.2) is 9.97 Å². The molecule has 0 fully saturated rings. The number of nitriles is 1. The van der Waals surface area contributed by atoms with Gasteiger partial charge in [0.2, 0.25) is 5.82 Å². The summed E-state index contributed by atoms with van der Waals surface area (Å²) in [6.07, 6.45) is -4.65. The van der Waals surface area contributed by atoms with Crippen LogP contribution in [0.15, 0.2) is 18.2 Å². The van der Waals surface area contributed by atoms with E-state index in [2.05, 4.69) is 9.97 Å². The lowest BCUT2D eigenvalue weighted by Crippen LogP contribution is -2.12. The molecule has 8 heteroatoms. The number of halogens is 3. The minimum atomic E-state index is -4.65. The van der Waals surface area contributed by atoms with E-state index in [0.717, 1.165) is 11.3 Å². The lowest BCUT2D eigenvalue weighted by Gasteiger charge is -2.07. The van der Waals surface area contributed by atoms with Crippen LogP contribution in [0.25, 0.3) is 10.6 Å². The second-order valence-electron chi connectivity index (χ2n) is 3.28. The van der Waals surface area contributed by atoms with Crippen LogP contribution in [0.5, 0.6) is 0 Å². The Bertz CT molecular complexity index is 627. The molecule has 18 heavy (non-hydrogen) atoms. The summed E-state index contributed by atoms with van der Waals surface area (Å²) in [6.45, 7) is 0. The highest BCUT2D eigenvalue weighted by Gasteiger charge is 2.35. The zero-order valence-corrected chi connectivity index (χ0v) is 9.51. The average Bonchev–Trinajstić information content (AvgIpc) is 2.75. The number of alkyl halides is 3. The van der Waals surface area contributed by atoms with E-state index < -0.39 is 12.0 Å². The van der Waals surface area contributed by atoms with Crippen LogP contribution < -0.4 is 5.73 Å². The highest BCUT2D eigenvalue weighted by Crippen LogP contribution is 2.31. The van der Waals surface area contributed by atoms with E-state index in [-0.39, 0.29) is 11.5 Å². The van der Waals surface area contributed by atoms with E-state index in [0.29, 0.717) is 9.75 Å². The predicted octanol–water partition coefficient (Wildman–Crippen LogP) is 2.68. The number of nitrogen functional groups attached to an aromatic ring is 1. The number of nitrogens with zero attached hydrogens (tertiary/aromatic N) is 3. The van der Waals surface area contributed by atoms with Crippen molar-refractivity contribution < 1.29 is 13.2 Å². The highest BCUT2D eigenvalue weighted by atomic mass is 32.1. The molecule has 2 aromatic heterocycles. The summed E-state index contributed by atoms with van der Waals surface area (Å²) < 4.78 is 37.5. The molecule has 0 saturated carbocycles. The van der Waals surface area contributed by atoms with Crippen LogP contribution in [0.2, 0.25) is 0 Å². The fourth-order valence-corrected chi connectivity index (χ4v) is 2.02. The summed E-state index contributed by atoms with van der Waals surface area (Å²) in [5, 5.41) is 8.66. The van der Waals surface area contributed by atoms with Gasteiger partial charge in [-0.2, -0.15) is 18.4 Å². The smallest absolute Gasteiger partial charge is 0.384 e. The predicted molar refractivity (Wildman–Crippen MR) is 59.5 cm³/mol. The molecule has 2 N–H and O–H groups in total. The van der Waals surface area contributed by atoms with Crippen molar-refractivity contribution in [2.75, 3.05) is 5.73 Å². The molecule has 0 aromatic carbocycles. The van der Waals surface area contributed by atoms with Crippen molar-refractivity contribution in [1.29, 1.82) is 5.26 Å². The first-order valence-corrected chi connectivity index (χ1v) is 5.44. The van der Waals surface area contributed by atoms with Crippen molar-refractivity contribution >= 4 is 17.2 Å². The van der Waals surface area contributed by atoms with E-state index in [9.17, 15) is 13.2 Å². The zero-order valence-electron chi connectivity index (χ0n) is 8.69. The molecule has 0 aliphatic heterocycles. The van der Waals surface area contributed by atoms with Crippen molar-refractivity contribution in [3.63, 3.8) is 0 Å². The van der Waals surface area contributed by atoms with Crippen LogP contribution >= 0.6 is 11.3 Å². The zero-order chi connectivity index (χ0) is 13.3. The van der Waals surface area contributed by atoms with Gasteiger partial charge in [-0.05, 0) is 12.1 Å². The highest BCUT2D eigenvalue weighted by molar-refractivity contribution is 7.15. The van der Waals surface area contributed by atoms with E-state index in [1.54, 1.807) is 0 Å². The molecule has 2 heterocycles. The maximum Gasteiger partial charge on any atom is 0.451 e. The lowest BCUT2D eigenvalue weighted by molar-refractivity contribution is -0.144. The quantitative estimate of drug-likeness (QED) is 0.864. The molecular weight excluding hydrogens is 265 g/mol. The maximum absolute atomic E-state index is 12.5. The van der Waals surface area contributed by atoms with Gasteiger partial charge in [0.15, 0.2) is 0 Å². The number of rotatable bonds is 1. The molecule has 0 aliphatic rings. The van der Waals surface area contributed by atoms with Crippen LogP contribution in [0, 0.1) is 11.3 Å². The number of aromatic nitrogens is 2. The molecule has 0 aliphatic carbocycles. The van der Waals surface area contributed by atoms with Gasteiger partial charge in [-0.15, -0.1) is 11.3 Å². The fourth-order valence-electron chi connectivity index (χ4n) is 1.25. The fraction of sp³-hybridized carbons (Fsp3) is 0.100. The molecule has 4 nitrogen and oxygen atoms in total. The Morgan fingerprint density at radius 1 is 1.28 bits per heavy atom. The van der Waals surface area contributed by atoms with Gasteiger partial charge in [0.05, 0.1) is 10.6 Å². The van der Waals surface area contributed by atoms with Gasteiger partial charge in [0, 0.05) is 6.07 Å². The van der Waals surface area contributed by atoms with Crippen molar-refractivity contribution in [1.82, 2.24) is 9.97 Å². The van der Waals surface area contributed by atoms with Gasteiger partial charge in [-0.1, -0.05) is 0 Å². The Hall–Kier alpha value is -2.14. The summed E-state index contributed by atoms with van der Waals surface area (Å²) in [5.41, 5.74) is 5.38. The van der Waals surface area contributed by atoms with Gasteiger partial charge < -0.3 is 5.73 Å². The Morgan fingerprint density at radius 3 is 2.56 bits per heavy atom. The van der Waals surface area contributed by atoms with E-state index in [4.69, 9.17) is 11.0 Å². The molecule has 0 radical (unpaired) electrons. The third-order valence-corrected chi connectivity index (χ3v) is 2.98. The first-order chi connectivity index (χ1) is 8.40. The van der Waals surface area contributed by atoms with Crippen molar-refractivity contribution in [2.24, 2.45) is 0 Å². The Kier molecular flexibility index (Phi) is 2.92. The number of anilines is 1. The summed E-state index contributed by atoms with van der Waals surface area (Å²) >= 11 is 1.04. The first kappa shape index (κ1) is 12.3. The van der Waals surface area contributed by atoms with Crippen molar-refractivity contribution in [3.05, 3.63) is 28.9 Å². The molecule has 0 spiro atoms. The molecule has 0 amide bonds. The second kappa shape index (κ2) is 4.27. The maximum atomic E-state index is 12.5. The van der Waals surface area contributed by atoms with Crippen LogP contribution in [0.4, 0.5) is 19.0 Å². The standard InChI is InChI=1S/C10H5F3N4S/c11-10(12,13)9-16-6(3-8(15)17-9)7-2-1-5(4-14)18-7/h1-3H,(H2,15,16,17). The Morgan fingerprint density at radius 2 is 2.00 bits per heavy atom. The molecule has 92 valence electrons. The summed E-state index contributed by atoms with van der Waals surface area (Å²) in [5.74, 6) is -1.55. The summed E-state index contributed by atoms with van der Waals surface area (Å²) in [6, 6.07) is 6.16. The minimum absolute atomic E-state index is 0.0568. The Labute approximate surface area is 104 Å². The van der Waals surface area contributed by atoms with Gasteiger partial charge >= 0.3 is 6.18 Å². The van der Waals surface area contributed by atoms with E-state index in [1.165, 1.54) is 18.2 Å². The normalized spacial score (nSPS) is 11.2. The number of hydrogen-bond donors (Lipinski definition) is 1. The molecule has 0 atom stereocenters. The van der Waals surface area contributed by atoms with Crippen LogP contribution in [-0.2, 0) is 6.18 Å². The largest absolute Gasteiger partial charge is 0.451 e. The van der Waals surface area contributed by atoms with E-state index >= 15 is 0 Å². The van der Waals surface area contributed by atoms with E-state index in [1.807, 2.05) is 6.07 Å². The molecular formula is C10H5F3N4S. The third-order valence-electron chi connectivity index (χ3n) is 1.97. The topological polar surface area (TPSA) is 75.6 Å². The van der Waals surface area contributed by atoms with Crippen LogP contribution in [0.3, 0.4) is 0 Å².